The second-order valence-electron chi connectivity index (χ2n) is 8.79. The number of carbonyl (C=O) groups excluding carboxylic acids is 2. The van der Waals surface area contributed by atoms with Crippen LogP contribution in [0.25, 0.3) is 0 Å². The lowest BCUT2D eigenvalue weighted by molar-refractivity contribution is -0.148. The summed E-state index contributed by atoms with van der Waals surface area (Å²) in [5.74, 6) is -0.175. The van der Waals surface area contributed by atoms with Gasteiger partial charge < -0.3 is 9.64 Å². The molecule has 1 aliphatic heterocycles. The third-order valence-electron chi connectivity index (χ3n) is 6.79. The number of benzene rings is 1. The van der Waals surface area contributed by atoms with E-state index in [1.165, 1.54) is 5.56 Å². The topological polar surface area (TPSA) is 49.9 Å². The summed E-state index contributed by atoms with van der Waals surface area (Å²) in [7, 11) is 4.31. The summed E-state index contributed by atoms with van der Waals surface area (Å²) >= 11 is 0. The number of rotatable bonds is 7. The zero-order valence-electron chi connectivity index (χ0n) is 17.6. The first-order valence-corrected chi connectivity index (χ1v) is 10.6. The molecule has 1 heterocycles. The van der Waals surface area contributed by atoms with Gasteiger partial charge in [-0.15, -0.1) is 0 Å². The molecule has 1 aromatic carbocycles. The molecule has 0 N–H and O–H groups in total. The molecule has 1 saturated carbocycles. The Morgan fingerprint density at radius 1 is 1.14 bits per heavy atom. The lowest BCUT2D eigenvalue weighted by atomic mass is 9.64. The first-order chi connectivity index (χ1) is 13.4. The molecule has 1 spiro atoms. The van der Waals surface area contributed by atoms with E-state index in [1.807, 2.05) is 0 Å². The highest BCUT2D eigenvalue weighted by Gasteiger charge is 2.50. The summed E-state index contributed by atoms with van der Waals surface area (Å²) in [4.78, 5) is 28.7. The van der Waals surface area contributed by atoms with Crippen molar-refractivity contribution in [2.45, 2.75) is 57.4 Å². The van der Waals surface area contributed by atoms with Crippen molar-refractivity contribution in [3.8, 4) is 0 Å². The summed E-state index contributed by atoms with van der Waals surface area (Å²) in [5, 5.41) is 0. The number of nitrogens with zero attached hydrogens (tertiary/aromatic N) is 2. The Labute approximate surface area is 169 Å². The molecule has 1 saturated heterocycles. The maximum atomic E-state index is 12.6. The zero-order chi connectivity index (χ0) is 20.2. The Bertz CT molecular complexity index is 678. The number of esters is 1. The SMILES string of the molecule is CCCCOC(=O)CN1CC2(CCC(c3ccccc3)(N(C)C)CC2)CC1=O. The van der Waals surface area contributed by atoms with Gasteiger partial charge >= 0.3 is 5.97 Å². The van der Waals surface area contributed by atoms with Gasteiger partial charge in [0.25, 0.3) is 0 Å². The molecule has 28 heavy (non-hydrogen) atoms. The third kappa shape index (κ3) is 4.24. The van der Waals surface area contributed by atoms with Gasteiger partial charge in [-0.3, -0.25) is 14.5 Å². The Balaban J connectivity index is 1.63. The van der Waals surface area contributed by atoms with Crippen molar-refractivity contribution in [3.63, 3.8) is 0 Å². The molecule has 1 amide bonds. The average molecular weight is 387 g/mol. The van der Waals surface area contributed by atoms with E-state index in [4.69, 9.17) is 4.74 Å². The number of unbranched alkanes of at least 4 members (excludes halogenated alkanes) is 1. The fourth-order valence-electron chi connectivity index (χ4n) is 4.93. The molecular weight excluding hydrogens is 352 g/mol. The monoisotopic (exact) mass is 386 g/mol. The van der Waals surface area contributed by atoms with E-state index in [0.717, 1.165) is 38.5 Å². The molecule has 2 aliphatic rings. The van der Waals surface area contributed by atoms with Gasteiger partial charge in [0.15, 0.2) is 0 Å². The third-order valence-corrected chi connectivity index (χ3v) is 6.79. The maximum absolute atomic E-state index is 12.6. The number of carbonyl (C=O) groups is 2. The van der Waals surface area contributed by atoms with Crippen LogP contribution in [0, 0.1) is 5.41 Å². The molecule has 1 aromatic rings. The minimum Gasteiger partial charge on any atom is -0.464 e. The van der Waals surface area contributed by atoms with Crippen LogP contribution in [0.5, 0.6) is 0 Å². The second kappa shape index (κ2) is 8.64. The van der Waals surface area contributed by atoms with Crippen LogP contribution in [-0.2, 0) is 19.9 Å². The van der Waals surface area contributed by atoms with Crippen LogP contribution in [0.4, 0.5) is 0 Å². The van der Waals surface area contributed by atoms with Gasteiger partial charge in [-0.25, -0.2) is 0 Å². The number of ether oxygens (including phenoxy) is 1. The molecule has 154 valence electrons. The minimum atomic E-state index is -0.276. The molecule has 5 nitrogen and oxygen atoms in total. The summed E-state index contributed by atoms with van der Waals surface area (Å²) in [5.41, 5.74) is 1.40. The second-order valence-corrected chi connectivity index (χ2v) is 8.79. The molecule has 0 radical (unpaired) electrons. The van der Waals surface area contributed by atoms with E-state index in [0.29, 0.717) is 19.6 Å². The van der Waals surface area contributed by atoms with Crippen LogP contribution in [0.3, 0.4) is 0 Å². The van der Waals surface area contributed by atoms with Crippen LogP contribution < -0.4 is 0 Å². The van der Waals surface area contributed by atoms with E-state index >= 15 is 0 Å². The molecule has 2 fully saturated rings. The molecule has 0 bridgehead atoms. The number of amides is 1. The van der Waals surface area contributed by atoms with Crippen molar-refractivity contribution >= 4 is 11.9 Å². The summed E-state index contributed by atoms with van der Waals surface area (Å²) in [6, 6.07) is 10.7. The fourth-order valence-corrected chi connectivity index (χ4v) is 4.93. The van der Waals surface area contributed by atoms with Crippen LogP contribution >= 0.6 is 0 Å². The normalized spacial score (nSPS) is 27.6. The zero-order valence-corrected chi connectivity index (χ0v) is 17.6. The summed E-state index contributed by atoms with van der Waals surface area (Å²) in [6.45, 7) is 3.30. The molecule has 1 aliphatic carbocycles. The highest BCUT2D eigenvalue weighted by molar-refractivity contribution is 5.84. The number of hydrogen-bond acceptors (Lipinski definition) is 4. The molecule has 5 heteroatoms. The van der Waals surface area contributed by atoms with Crippen LogP contribution in [0.2, 0.25) is 0 Å². The minimum absolute atomic E-state index is 0.00900. The standard InChI is InChI=1S/C23H34N2O3/c1-4-5-15-28-21(27)17-25-18-22(16-20(25)26)11-13-23(14-12-22,24(2)3)19-9-7-6-8-10-19/h6-10H,4-5,11-18H2,1-3H3. The van der Waals surface area contributed by atoms with Crippen molar-refractivity contribution in [1.82, 2.24) is 9.80 Å². The van der Waals surface area contributed by atoms with E-state index in [2.05, 4.69) is 56.3 Å². The van der Waals surface area contributed by atoms with Crippen molar-refractivity contribution in [2.24, 2.45) is 5.41 Å². The molecule has 3 rings (SSSR count). The Hall–Kier alpha value is -1.88. The van der Waals surface area contributed by atoms with Crippen molar-refractivity contribution in [3.05, 3.63) is 35.9 Å². The van der Waals surface area contributed by atoms with Gasteiger partial charge in [0.1, 0.15) is 6.54 Å². The van der Waals surface area contributed by atoms with Gasteiger partial charge in [-0.2, -0.15) is 0 Å². The molecular formula is C23H34N2O3. The van der Waals surface area contributed by atoms with E-state index < -0.39 is 0 Å². The van der Waals surface area contributed by atoms with E-state index in [9.17, 15) is 9.59 Å². The average Bonchev–Trinajstić information content (AvgIpc) is 2.98. The van der Waals surface area contributed by atoms with Gasteiger partial charge in [0.05, 0.1) is 6.61 Å². The number of likely N-dealkylation sites (tertiary alicyclic amines) is 1. The fraction of sp³-hybridized carbons (Fsp3) is 0.652. The largest absolute Gasteiger partial charge is 0.464 e. The van der Waals surface area contributed by atoms with Gasteiger partial charge in [-0.1, -0.05) is 43.7 Å². The quantitative estimate of drug-likeness (QED) is 0.531. The Morgan fingerprint density at radius 2 is 1.82 bits per heavy atom. The van der Waals surface area contributed by atoms with Crippen LogP contribution in [0.1, 0.15) is 57.4 Å². The van der Waals surface area contributed by atoms with E-state index in [-0.39, 0.29) is 29.4 Å². The van der Waals surface area contributed by atoms with Gasteiger partial charge in [0.2, 0.25) is 5.91 Å². The summed E-state index contributed by atoms with van der Waals surface area (Å²) < 4.78 is 5.25. The van der Waals surface area contributed by atoms with Crippen LogP contribution in [0.15, 0.2) is 30.3 Å². The lowest BCUT2D eigenvalue weighted by Crippen LogP contribution is -2.47. The van der Waals surface area contributed by atoms with Gasteiger partial charge in [0, 0.05) is 18.5 Å². The van der Waals surface area contributed by atoms with Crippen molar-refractivity contribution in [1.29, 1.82) is 0 Å². The first-order valence-electron chi connectivity index (χ1n) is 10.6. The first kappa shape index (κ1) is 20.8. The lowest BCUT2D eigenvalue weighted by Gasteiger charge is -2.48. The number of hydrogen-bond donors (Lipinski definition) is 0. The Morgan fingerprint density at radius 3 is 2.43 bits per heavy atom. The maximum Gasteiger partial charge on any atom is 0.325 e. The van der Waals surface area contributed by atoms with Crippen molar-refractivity contribution < 1.29 is 14.3 Å². The molecule has 0 aromatic heterocycles. The smallest absolute Gasteiger partial charge is 0.325 e. The Kier molecular flexibility index (Phi) is 6.43. The van der Waals surface area contributed by atoms with E-state index in [1.54, 1.807) is 4.90 Å². The van der Waals surface area contributed by atoms with Crippen molar-refractivity contribution in [2.75, 3.05) is 33.8 Å². The predicted molar refractivity (Wildman–Crippen MR) is 110 cm³/mol. The highest BCUT2D eigenvalue weighted by Crippen LogP contribution is 2.52. The predicted octanol–water partition coefficient (Wildman–Crippen LogP) is 3.58. The highest BCUT2D eigenvalue weighted by atomic mass is 16.5. The van der Waals surface area contributed by atoms with Crippen LogP contribution in [-0.4, -0.2) is 55.5 Å². The summed E-state index contributed by atoms with van der Waals surface area (Å²) in [6.07, 6.45) is 6.51. The molecule has 0 unspecified atom stereocenters. The molecule has 0 atom stereocenters. The van der Waals surface area contributed by atoms with Gasteiger partial charge in [-0.05, 0) is 57.2 Å².